The van der Waals surface area contributed by atoms with Crippen molar-refractivity contribution in [3.05, 3.63) is 60.3 Å². The summed E-state index contributed by atoms with van der Waals surface area (Å²) in [6, 6.07) is 15.5. The molecule has 3 N–H and O–H groups in total. The fourth-order valence-corrected chi connectivity index (χ4v) is 4.06. The van der Waals surface area contributed by atoms with E-state index < -0.39 is 5.60 Å². The Kier molecular flexibility index (Phi) is 4.63. The van der Waals surface area contributed by atoms with E-state index in [4.69, 9.17) is 5.73 Å². The quantitative estimate of drug-likeness (QED) is 0.682. The average molecular weight is 416 g/mol. The topological polar surface area (TPSA) is 99.8 Å². The van der Waals surface area contributed by atoms with E-state index in [0.717, 1.165) is 21.9 Å². The van der Waals surface area contributed by atoms with Crippen molar-refractivity contribution in [2.75, 3.05) is 31.9 Å². The SMILES string of the molecule is Nc1cc2cc(-c3ccc(C(=O)N4CCN(C(=O)C5(O)CC5)CC4)cc3)ccc2cn1. The maximum Gasteiger partial charge on any atom is 0.254 e. The molecule has 31 heavy (non-hydrogen) atoms. The normalized spacial score (nSPS) is 17.6. The van der Waals surface area contributed by atoms with E-state index in [2.05, 4.69) is 11.1 Å². The number of anilines is 1. The molecule has 7 heteroatoms. The van der Waals surface area contributed by atoms with Gasteiger partial charge in [0, 0.05) is 43.3 Å². The minimum absolute atomic E-state index is 0.0406. The van der Waals surface area contributed by atoms with Crippen molar-refractivity contribution >= 4 is 28.4 Å². The van der Waals surface area contributed by atoms with Crippen LogP contribution in [-0.4, -0.2) is 63.5 Å². The highest BCUT2D eigenvalue weighted by atomic mass is 16.3. The predicted octanol–water partition coefficient (Wildman–Crippen LogP) is 2.29. The van der Waals surface area contributed by atoms with Gasteiger partial charge in [-0.3, -0.25) is 9.59 Å². The fraction of sp³-hybridized carbons (Fsp3) is 0.292. The first kappa shape index (κ1) is 19.5. The van der Waals surface area contributed by atoms with Gasteiger partial charge in [-0.25, -0.2) is 4.98 Å². The van der Waals surface area contributed by atoms with E-state index in [-0.39, 0.29) is 11.8 Å². The van der Waals surface area contributed by atoms with Crippen LogP contribution in [-0.2, 0) is 4.79 Å². The number of pyridine rings is 1. The number of carbonyl (C=O) groups is 2. The Balaban J connectivity index is 1.27. The van der Waals surface area contributed by atoms with Crippen LogP contribution in [0.1, 0.15) is 23.2 Å². The molecule has 2 heterocycles. The van der Waals surface area contributed by atoms with Crippen LogP contribution in [0.4, 0.5) is 5.82 Å². The van der Waals surface area contributed by atoms with Gasteiger partial charge in [0.25, 0.3) is 11.8 Å². The monoisotopic (exact) mass is 416 g/mol. The maximum absolute atomic E-state index is 12.9. The first-order valence-corrected chi connectivity index (χ1v) is 10.5. The summed E-state index contributed by atoms with van der Waals surface area (Å²) in [5.74, 6) is 0.247. The van der Waals surface area contributed by atoms with Gasteiger partial charge in [0.15, 0.2) is 0 Å². The molecule has 0 radical (unpaired) electrons. The molecule has 3 aromatic rings. The zero-order chi connectivity index (χ0) is 21.6. The molecule has 1 aliphatic heterocycles. The molecule has 158 valence electrons. The van der Waals surface area contributed by atoms with Crippen molar-refractivity contribution in [1.82, 2.24) is 14.8 Å². The smallest absolute Gasteiger partial charge is 0.254 e. The van der Waals surface area contributed by atoms with Gasteiger partial charge in [-0.1, -0.05) is 24.3 Å². The molecule has 1 aliphatic carbocycles. The largest absolute Gasteiger partial charge is 0.384 e. The summed E-state index contributed by atoms with van der Waals surface area (Å²) in [5.41, 5.74) is 7.34. The summed E-state index contributed by atoms with van der Waals surface area (Å²) in [5, 5.41) is 12.1. The third kappa shape index (κ3) is 3.72. The van der Waals surface area contributed by atoms with Crippen LogP contribution in [0.2, 0.25) is 0 Å². The number of fused-ring (bicyclic) bond motifs is 1. The van der Waals surface area contributed by atoms with Crippen LogP contribution in [0.5, 0.6) is 0 Å². The Bertz CT molecular complexity index is 1160. The number of hydrogen-bond donors (Lipinski definition) is 2. The fourth-order valence-electron chi connectivity index (χ4n) is 4.06. The first-order chi connectivity index (χ1) is 14.9. The molecule has 2 fully saturated rings. The Morgan fingerprint density at radius 3 is 2.19 bits per heavy atom. The Morgan fingerprint density at radius 2 is 1.52 bits per heavy atom. The molecule has 2 aliphatic rings. The van der Waals surface area contributed by atoms with Crippen LogP contribution >= 0.6 is 0 Å². The molecule has 2 aromatic carbocycles. The summed E-state index contributed by atoms with van der Waals surface area (Å²) in [6.07, 6.45) is 2.84. The van der Waals surface area contributed by atoms with E-state index in [1.54, 1.807) is 16.0 Å². The molecule has 1 saturated heterocycles. The number of benzene rings is 2. The van der Waals surface area contributed by atoms with Gasteiger partial charge in [-0.05, 0) is 53.6 Å². The highest BCUT2D eigenvalue weighted by molar-refractivity contribution is 5.95. The lowest BCUT2D eigenvalue weighted by Crippen LogP contribution is -2.53. The Hall–Kier alpha value is -3.45. The molecule has 7 nitrogen and oxygen atoms in total. The zero-order valence-corrected chi connectivity index (χ0v) is 17.1. The van der Waals surface area contributed by atoms with Gasteiger partial charge >= 0.3 is 0 Å². The minimum atomic E-state index is -1.15. The number of nitrogens with zero attached hydrogens (tertiary/aromatic N) is 3. The van der Waals surface area contributed by atoms with Crippen molar-refractivity contribution in [3.63, 3.8) is 0 Å². The highest BCUT2D eigenvalue weighted by Gasteiger charge is 2.50. The van der Waals surface area contributed by atoms with Crippen molar-refractivity contribution in [2.24, 2.45) is 0 Å². The van der Waals surface area contributed by atoms with Crippen molar-refractivity contribution in [1.29, 1.82) is 0 Å². The molecule has 0 spiro atoms. The van der Waals surface area contributed by atoms with Crippen LogP contribution in [0, 0.1) is 0 Å². The van der Waals surface area contributed by atoms with E-state index >= 15 is 0 Å². The number of piperazine rings is 1. The molecule has 0 atom stereocenters. The summed E-state index contributed by atoms with van der Waals surface area (Å²) in [6.45, 7) is 1.87. The minimum Gasteiger partial charge on any atom is -0.384 e. The third-order valence-electron chi connectivity index (χ3n) is 6.18. The van der Waals surface area contributed by atoms with Crippen molar-refractivity contribution in [2.45, 2.75) is 18.4 Å². The van der Waals surface area contributed by atoms with E-state index in [1.807, 2.05) is 42.5 Å². The predicted molar refractivity (Wildman–Crippen MR) is 118 cm³/mol. The molecule has 1 aromatic heterocycles. The van der Waals surface area contributed by atoms with E-state index in [1.165, 1.54) is 0 Å². The highest BCUT2D eigenvalue weighted by Crippen LogP contribution is 2.37. The van der Waals surface area contributed by atoms with Crippen molar-refractivity contribution in [3.8, 4) is 11.1 Å². The number of rotatable bonds is 3. The average Bonchev–Trinajstić information content (AvgIpc) is 3.56. The van der Waals surface area contributed by atoms with Gasteiger partial charge in [0.05, 0.1) is 0 Å². The number of aliphatic hydroxyl groups is 1. The molecule has 5 rings (SSSR count). The third-order valence-corrected chi connectivity index (χ3v) is 6.18. The van der Waals surface area contributed by atoms with Crippen LogP contribution in [0.25, 0.3) is 21.9 Å². The number of carbonyl (C=O) groups excluding carboxylic acids is 2. The van der Waals surface area contributed by atoms with Crippen LogP contribution in [0.15, 0.2) is 54.7 Å². The number of aromatic nitrogens is 1. The lowest BCUT2D eigenvalue weighted by Gasteiger charge is -2.35. The standard InChI is InChI=1S/C24H24N4O3/c25-21-14-20-13-18(5-6-19(20)15-26-21)16-1-3-17(4-2-16)22(29)27-9-11-28(12-10-27)23(30)24(31)7-8-24/h1-6,13-15,31H,7-12H2,(H2,25,26). The molecule has 1 saturated carbocycles. The van der Waals surface area contributed by atoms with Gasteiger partial charge < -0.3 is 20.6 Å². The molecule has 2 amide bonds. The number of amides is 2. The second-order valence-electron chi connectivity index (χ2n) is 8.36. The summed E-state index contributed by atoms with van der Waals surface area (Å²) >= 11 is 0. The molecular weight excluding hydrogens is 392 g/mol. The van der Waals surface area contributed by atoms with Gasteiger partial charge in [0.2, 0.25) is 0 Å². The molecular formula is C24H24N4O3. The lowest BCUT2D eigenvalue weighted by molar-refractivity contribution is -0.143. The van der Waals surface area contributed by atoms with Crippen molar-refractivity contribution < 1.29 is 14.7 Å². The van der Waals surface area contributed by atoms with E-state index in [0.29, 0.717) is 50.4 Å². The number of nitrogen functional groups attached to an aromatic ring is 1. The van der Waals surface area contributed by atoms with E-state index in [9.17, 15) is 14.7 Å². The maximum atomic E-state index is 12.9. The first-order valence-electron chi connectivity index (χ1n) is 10.5. The Morgan fingerprint density at radius 1 is 0.871 bits per heavy atom. The second kappa shape index (κ2) is 7.35. The van der Waals surface area contributed by atoms with Crippen LogP contribution in [0.3, 0.4) is 0 Å². The number of nitrogens with two attached hydrogens (primary N) is 1. The zero-order valence-electron chi connectivity index (χ0n) is 17.1. The lowest BCUT2D eigenvalue weighted by atomic mass is 10.0. The van der Waals surface area contributed by atoms with Gasteiger partial charge in [-0.15, -0.1) is 0 Å². The second-order valence-corrected chi connectivity index (χ2v) is 8.36. The molecule has 0 unspecified atom stereocenters. The van der Waals surface area contributed by atoms with Crippen LogP contribution < -0.4 is 5.73 Å². The number of hydrogen-bond acceptors (Lipinski definition) is 5. The summed E-state index contributed by atoms with van der Waals surface area (Å²) in [4.78, 5) is 32.7. The Labute approximate surface area is 180 Å². The summed E-state index contributed by atoms with van der Waals surface area (Å²) < 4.78 is 0. The molecule has 0 bridgehead atoms. The summed E-state index contributed by atoms with van der Waals surface area (Å²) in [7, 11) is 0. The van der Waals surface area contributed by atoms with Gasteiger partial charge in [-0.2, -0.15) is 0 Å². The van der Waals surface area contributed by atoms with Gasteiger partial charge in [0.1, 0.15) is 11.4 Å².